The van der Waals surface area contributed by atoms with Gasteiger partial charge in [-0.25, -0.2) is 22.2 Å². The predicted octanol–water partition coefficient (Wildman–Crippen LogP) is 1.71. The Labute approximate surface area is 92.6 Å². The third kappa shape index (κ3) is 1.62. The van der Waals surface area contributed by atoms with Gasteiger partial charge in [-0.15, -0.1) is 0 Å². The third-order valence-corrected chi connectivity index (χ3v) is 2.12. The van der Waals surface area contributed by atoms with Crippen LogP contribution >= 0.6 is 0 Å². The summed E-state index contributed by atoms with van der Waals surface area (Å²) < 4.78 is 53.7. The van der Waals surface area contributed by atoms with Crippen molar-refractivity contribution in [3.63, 3.8) is 0 Å². The van der Waals surface area contributed by atoms with Gasteiger partial charge in [0.15, 0.2) is 23.3 Å². The zero-order valence-electron chi connectivity index (χ0n) is 8.22. The minimum Gasteiger partial charge on any atom is -0.320 e. The van der Waals surface area contributed by atoms with Crippen molar-refractivity contribution < 1.29 is 17.6 Å². The third-order valence-electron chi connectivity index (χ3n) is 2.12. The molecule has 8 heteroatoms. The highest BCUT2D eigenvalue weighted by Crippen LogP contribution is 2.30. The van der Waals surface area contributed by atoms with Gasteiger partial charge in [0, 0.05) is 12.4 Å². The molecule has 4 nitrogen and oxygen atoms in total. The summed E-state index contributed by atoms with van der Waals surface area (Å²) in [6.45, 7) is 0. The summed E-state index contributed by atoms with van der Waals surface area (Å²) in [5.74, 6) is -2.10. The predicted molar refractivity (Wildman–Crippen MR) is 51.2 cm³/mol. The normalized spacial score (nSPS) is 10.6. The van der Waals surface area contributed by atoms with Crippen molar-refractivity contribution in [2.24, 2.45) is 5.84 Å². The van der Waals surface area contributed by atoms with Gasteiger partial charge in [0.25, 0.3) is 0 Å². The summed E-state index contributed by atoms with van der Waals surface area (Å²) in [6.07, 6.45) is 2.49. The molecule has 0 atom stereocenters. The van der Waals surface area contributed by atoms with E-state index in [2.05, 4.69) is 5.10 Å². The molecule has 1 heterocycles. The van der Waals surface area contributed by atoms with Gasteiger partial charge in [-0.1, -0.05) is 0 Å². The van der Waals surface area contributed by atoms with E-state index in [0.717, 1.165) is 4.68 Å². The molecule has 0 aliphatic rings. The molecule has 0 bridgehead atoms. The Balaban J connectivity index is 2.82. The van der Waals surface area contributed by atoms with Crippen molar-refractivity contribution in [3.05, 3.63) is 41.7 Å². The number of hydrogen-bond donors (Lipinski definition) is 2. The Morgan fingerprint density at radius 3 is 2.24 bits per heavy atom. The smallest absolute Gasteiger partial charge is 0.199 e. The molecule has 0 amide bonds. The minimum atomic E-state index is -1.94. The fraction of sp³-hybridized carbons (Fsp3) is 0. The van der Waals surface area contributed by atoms with Crippen molar-refractivity contribution in [2.45, 2.75) is 0 Å². The Kier molecular flexibility index (Phi) is 2.72. The van der Waals surface area contributed by atoms with Crippen molar-refractivity contribution in [1.82, 2.24) is 9.78 Å². The first-order valence-electron chi connectivity index (χ1n) is 4.40. The number of anilines is 1. The zero-order valence-corrected chi connectivity index (χ0v) is 8.22. The number of nitrogen functional groups attached to an aromatic ring is 1. The minimum absolute atomic E-state index is 0.631. The van der Waals surface area contributed by atoms with Gasteiger partial charge >= 0.3 is 0 Å². The van der Waals surface area contributed by atoms with E-state index in [9.17, 15) is 17.6 Å². The molecular weight excluding hydrogens is 240 g/mol. The maximum atomic E-state index is 13.5. The van der Waals surface area contributed by atoms with Crippen LogP contribution in [0.4, 0.5) is 23.2 Å². The van der Waals surface area contributed by atoms with Gasteiger partial charge in [0.05, 0.1) is 0 Å². The summed E-state index contributed by atoms with van der Waals surface area (Å²) in [7, 11) is 0. The molecule has 0 saturated carbocycles. The summed E-state index contributed by atoms with van der Waals surface area (Å²) in [5.41, 5.74) is 0.430. The van der Waals surface area contributed by atoms with Crippen LogP contribution in [-0.2, 0) is 0 Å². The van der Waals surface area contributed by atoms with Crippen molar-refractivity contribution in [2.75, 3.05) is 5.43 Å². The van der Waals surface area contributed by atoms with Gasteiger partial charge in [-0.3, -0.25) is 5.84 Å². The highest BCUT2D eigenvalue weighted by molar-refractivity contribution is 5.62. The quantitative estimate of drug-likeness (QED) is 0.279. The number of nitrogens with two attached hydrogens (primary N) is 1. The molecular formula is C9H6F4N4. The second-order valence-corrected chi connectivity index (χ2v) is 3.07. The molecule has 2 aromatic rings. The van der Waals surface area contributed by atoms with Gasteiger partial charge in [0.2, 0.25) is 0 Å². The fourth-order valence-corrected chi connectivity index (χ4v) is 1.37. The lowest BCUT2D eigenvalue weighted by Gasteiger charge is -2.12. The van der Waals surface area contributed by atoms with Crippen LogP contribution in [0.15, 0.2) is 18.5 Å². The van der Waals surface area contributed by atoms with Crippen LogP contribution in [0.25, 0.3) is 5.69 Å². The van der Waals surface area contributed by atoms with Gasteiger partial charge in [-0.2, -0.15) is 5.10 Å². The van der Waals surface area contributed by atoms with E-state index in [0.29, 0.717) is 0 Å². The van der Waals surface area contributed by atoms with Crippen LogP contribution in [0.3, 0.4) is 0 Å². The highest BCUT2D eigenvalue weighted by Gasteiger charge is 2.26. The maximum Gasteiger partial charge on any atom is 0.199 e. The van der Waals surface area contributed by atoms with Gasteiger partial charge in [0.1, 0.15) is 11.4 Å². The monoisotopic (exact) mass is 246 g/mol. The maximum absolute atomic E-state index is 13.5. The SMILES string of the molecule is NNc1c(F)c(F)c(F)c(F)c1-n1cccn1. The Hall–Kier alpha value is -2.09. The summed E-state index contributed by atoms with van der Waals surface area (Å²) >= 11 is 0. The molecule has 1 aromatic heterocycles. The number of hydrogen-bond acceptors (Lipinski definition) is 3. The molecule has 90 valence electrons. The van der Waals surface area contributed by atoms with Crippen molar-refractivity contribution in [3.8, 4) is 5.69 Å². The number of aromatic nitrogens is 2. The van der Waals surface area contributed by atoms with E-state index in [1.807, 2.05) is 0 Å². The Bertz CT molecular complexity index is 553. The first kappa shape index (κ1) is 11.4. The number of nitrogens with one attached hydrogen (secondary N) is 1. The standard InChI is InChI=1S/C9H6F4N4/c10-4-5(11)7(13)9(8(16-14)6(4)12)17-3-1-2-15-17/h1-3,16H,14H2. The first-order chi connectivity index (χ1) is 8.07. The number of nitrogens with zero attached hydrogens (tertiary/aromatic N) is 2. The lowest BCUT2D eigenvalue weighted by atomic mass is 10.2. The van der Waals surface area contributed by atoms with E-state index in [-0.39, 0.29) is 0 Å². The van der Waals surface area contributed by atoms with Crippen LogP contribution in [0.5, 0.6) is 0 Å². The van der Waals surface area contributed by atoms with Crippen molar-refractivity contribution >= 4 is 5.69 Å². The average molecular weight is 246 g/mol. The lowest BCUT2D eigenvalue weighted by Crippen LogP contribution is -2.16. The highest BCUT2D eigenvalue weighted by atomic mass is 19.2. The fourth-order valence-electron chi connectivity index (χ4n) is 1.37. The second kappa shape index (κ2) is 4.06. The molecule has 0 unspecified atom stereocenters. The van der Waals surface area contributed by atoms with Crippen molar-refractivity contribution in [1.29, 1.82) is 0 Å². The molecule has 17 heavy (non-hydrogen) atoms. The van der Waals surface area contributed by atoms with Crippen LogP contribution < -0.4 is 11.3 Å². The van der Waals surface area contributed by atoms with E-state index >= 15 is 0 Å². The van der Waals surface area contributed by atoms with Crippen LogP contribution in [-0.4, -0.2) is 9.78 Å². The van der Waals surface area contributed by atoms with Crippen LogP contribution in [0.1, 0.15) is 0 Å². The second-order valence-electron chi connectivity index (χ2n) is 3.07. The molecule has 0 aliphatic heterocycles. The number of halogens is 4. The van der Waals surface area contributed by atoms with Gasteiger partial charge < -0.3 is 5.43 Å². The molecule has 0 saturated heterocycles. The number of benzene rings is 1. The van der Waals surface area contributed by atoms with E-state index in [1.54, 1.807) is 5.43 Å². The first-order valence-corrected chi connectivity index (χ1v) is 4.40. The molecule has 1 aromatic carbocycles. The molecule has 0 spiro atoms. The molecule has 3 N–H and O–H groups in total. The Morgan fingerprint density at radius 2 is 1.71 bits per heavy atom. The molecule has 0 radical (unpaired) electrons. The molecule has 2 rings (SSSR count). The summed E-state index contributed by atoms with van der Waals surface area (Å²) in [6, 6.07) is 1.40. The largest absolute Gasteiger partial charge is 0.320 e. The average Bonchev–Trinajstić information content (AvgIpc) is 2.84. The van der Waals surface area contributed by atoms with E-state index in [4.69, 9.17) is 5.84 Å². The van der Waals surface area contributed by atoms with E-state index < -0.39 is 34.6 Å². The summed E-state index contributed by atoms with van der Waals surface area (Å²) in [5, 5.41) is 3.59. The van der Waals surface area contributed by atoms with Crippen LogP contribution in [0.2, 0.25) is 0 Å². The Morgan fingerprint density at radius 1 is 1.06 bits per heavy atom. The lowest BCUT2D eigenvalue weighted by molar-refractivity contribution is 0.408. The topological polar surface area (TPSA) is 55.9 Å². The summed E-state index contributed by atoms with van der Waals surface area (Å²) in [4.78, 5) is 0. The van der Waals surface area contributed by atoms with Gasteiger partial charge in [-0.05, 0) is 6.07 Å². The van der Waals surface area contributed by atoms with Crippen LogP contribution in [0, 0.1) is 23.3 Å². The number of rotatable bonds is 2. The van der Waals surface area contributed by atoms with E-state index in [1.165, 1.54) is 18.5 Å². The molecule has 0 aliphatic carbocycles. The number of hydrazine groups is 1. The zero-order chi connectivity index (χ0) is 12.6. The molecule has 0 fully saturated rings.